The number of amides is 1. The first-order chi connectivity index (χ1) is 14.7. The summed E-state index contributed by atoms with van der Waals surface area (Å²) in [6.45, 7) is 11.1. The van der Waals surface area contributed by atoms with Crippen LogP contribution >= 0.6 is 0 Å². The van der Waals surface area contributed by atoms with Gasteiger partial charge < -0.3 is 9.64 Å². The summed E-state index contributed by atoms with van der Waals surface area (Å²) in [6, 6.07) is 16.8. The topological polar surface area (TPSA) is 36.0 Å². The Morgan fingerprint density at radius 3 is 2.50 bits per heavy atom. The molecule has 0 aliphatic carbocycles. The van der Waals surface area contributed by atoms with Crippen LogP contribution in [0.3, 0.4) is 0 Å². The number of morpholine rings is 1. The number of carbonyl (C=O) groups is 1. The van der Waals surface area contributed by atoms with Gasteiger partial charge in [0.05, 0.1) is 13.2 Å². The number of rotatable bonds is 5. The Labute approximate surface area is 180 Å². The molecule has 2 aliphatic heterocycles. The van der Waals surface area contributed by atoms with E-state index in [0.717, 1.165) is 77.6 Å². The average molecular weight is 408 g/mol. The smallest absolute Gasteiger partial charge is 0.253 e. The van der Waals surface area contributed by atoms with Crippen LogP contribution in [0.25, 0.3) is 0 Å². The maximum Gasteiger partial charge on any atom is 0.253 e. The number of hydrogen-bond acceptors (Lipinski definition) is 4. The zero-order valence-electron chi connectivity index (χ0n) is 18.1. The molecule has 5 heteroatoms. The Balaban J connectivity index is 1.35. The Bertz CT molecular complexity index is 848. The minimum atomic E-state index is 0.163. The van der Waals surface area contributed by atoms with E-state index < -0.39 is 0 Å². The van der Waals surface area contributed by atoms with Crippen molar-refractivity contribution in [3.05, 3.63) is 70.8 Å². The molecule has 0 atom stereocenters. The van der Waals surface area contributed by atoms with Crippen LogP contribution in [-0.4, -0.2) is 73.1 Å². The highest BCUT2D eigenvalue weighted by Gasteiger charge is 2.21. The highest BCUT2D eigenvalue weighted by atomic mass is 16.5. The predicted molar refractivity (Wildman–Crippen MR) is 120 cm³/mol. The molecule has 4 rings (SSSR count). The molecule has 0 saturated carbocycles. The summed E-state index contributed by atoms with van der Waals surface area (Å²) in [5, 5.41) is 0. The molecular formula is C25H33N3O2. The van der Waals surface area contributed by atoms with Crippen molar-refractivity contribution in [3.8, 4) is 0 Å². The SMILES string of the molecule is Cc1ccccc1CN1CCCN(C(=O)c2cccc(CN3CCOCC3)c2)CC1. The van der Waals surface area contributed by atoms with Gasteiger partial charge in [-0.05, 0) is 42.2 Å². The lowest BCUT2D eigenvalue weighted by molar-refractivity contribution is 0.0341. The Hall–Kier alpha value is -2.21. The van der Waals surface area contributed by atoms with Crippen LogP contribution in [0.5, 0.6) is 0 Å². The largest absolute Gasteiger partial charge is 0.379 e. The van der Waals surface area contributed by atoms with E-state index in [1.165, 1.54) is 16.7 Å². The van der Waals surface area contributed by atoms with Crippen LogP contribution in [0.2, 0.25) is 0 Å². The second kappa shape index (κ2) is 10.2. The lowest BCUT2D eigenvalue weighted by Gasteiger charge is -2.27. The van der Waals surface area contributed by atoms with E-state index >= 15 is 0 Å². The molecule has 2 heterocycles. The number of hydrogen-bond donors (Lipinski definition) is 0. The van der Waals surface area contributed by atoms with Gasteiger partial charge >= 0.3 is 0 Å². The van der Waals surface area contributed by atoms with E-state index in [-0.39, 0.29) is 5.91 Å². The lowest BCUT2D eigenvalue weighted by Crippen LogP contribution is -2.36. The number of nitrogens with zero attached hydrogens (tertiary/aromatic N) is 3. The summed E-state index contributed by atoms with van der Waals surface area (Å²) < 4.78 is 5.44. The van der Waals surface area contributed by atoms with Crippen LogP contribution in [0.4, 0.5) is 0 Å². The molecule has 2 aromatic carbocycles. The highest BCUT2D eigenvalue weighted by Crippen LogP contribution is 2.16. The fourth-order valence-electron chi connectivity index (χ4n) is 4.36. The molecule has 2 fully saturated rings. The summed E-state index contributed by atoms with van der Waals surface area (Å²) in [5.41, 5.74) is 4.74. The molecule has 0 radical (unpaired) electrons. The predicted octanol–water partition coefficient (Wildman–Crippen LogP) is 3.18. The van der Waals surface area contributed by atoms with Crippen molar-refractivity contribution >= 4 is 5.91 Å². The third-order valence-corrected chi connectivity index (χ3v) is 6.21. The monoisotopic (exact) mass is 407 g/mol. The third kappa shape index (κ3) is 5.48. The maximum absolute atomic E-state index is 13.2. The molecule has 0 unspecified atom stereocenters. The number of aryl methyl sites for hydroxylation is 1. The van der Waals surface area contributed by atoms with Crippen LogP contribution in [0.1, 0.15) is 33.5 Å². The third-order valence-electron chi connectivity index (χ3n) is 6.21. The van der Waals surface area contributed by atoms with Gasteiger partial charge in [-0.25, -0.2) is 0 Å². The van der Waals surface area contributed by atoms with Crippen molar-refractivity contribution in [2.75, 3.05) is 52.5 Å². The van der Waals surface area contributed by atoms with Gasteiger partial charge in [-0.1, -0.05) is 36.4 Å². The first kappa shape index (κ1) is 21.0. The summed E-state index contributed by atoms with van der Waals surface area (Å²) in [7, 11) is 0. The molecule has 2 aromatic rings. The van der Waals surface area contributed by atoms with Gasteiger partial charge in [-0.2, -0.15) is 0 Å². The molecular weight excluding hydrogens is 374 g/mol. The minimum Gasteiger partial charge on any atom is -0.379 e. The number of ether oxygens (including phenoxy) is 1. The van der Waals surface area contributed by atoms with Gasteiger partial charge in [0.2, 0.25) is 0 Å². The molecule has 2 saturated heterocycles. The quantitative estimate of drug-likeness (QED) is 0.763. The van der Waals surface area contributed by atoms with Crippen molar-refractivity contribution in [2.24, 2.45) is 0 Å². The molecule has 5 nitrogen and oxygen atoms in total. The van der Waals surface area contributed by atoms with Gasteiger partial charge in [0.15, 0.2) is 0 Å². The van der Waals surface area contributed by atoms with E-state index in [1.54, 1.807) is 0 Å². The van der Waals surface area contributed by atoms with Crippen molar-refractivity contribution in [1.82, 2.24) is 14.7 Å². The van der Waals surface area contributed by atoms with E-state index in [1.807, 2.05) is 17.0 Å². The first-order valence-electron chi connectivity index (χ1n) is 11.1. The second-order valence-corrected chi connectivity index (χ2v) is 8.44. The molecule has 30 heavy (non-hydrogen) atoms. The molecule has 2 aliphatic rings. The zero-order valence-corrected chi connectivity index (χ0v) is 18.1. The van der Waals surface area contributed by atoms with Gasteiger partial charge in [0, 0.05) is 57.9 Å². The fourth-order valence-corrected chi connectivity index (χ4v) is 4.36. The zero-order chi connectivity index (χ0) is 20.8. The standard InChI is InChI=1S/C25H33N3O2/c1-21-6-2-3-8-24(21)20-26-10-5-11-28(13-12-26)25(29)23-9-4-7-22(18-23)19-27-14-16-30-17-15-27/h2-4,6-9,18H,5,10-17,19-20H2,1H3. The molecule has 160 valence electrons. The Morgan fingerprint density at radius 1 is 0.867 bits per heavy atom. The van der Waals surface area contributed by atoms with Gasteiger partial charge in [0.25, 0.3) is 5.91 Å². The maximum atomic E-state index is 13.2. The van der Waals surface area contributed by atoms with E-state index in [9.17, 15) is 4.79 Å². The molecule has 0 N–H and O–H groups in total. The normalized spacial score (nSPS) is 18.9. The van der Waals surface area contributed by atoms with Crippen LogP contribution in [0, 0.1) is 6.92 Å². The summed E-state index contributed by atoms with van der Waals surface area (Å²) in [6.07, 6.45) is 1.02. The van der Waals surface area contributed by atoms with Gasteiger partial charge in [0.1, 0.15) is 0 Å². The van der Waals surface area contributed by atoms with Crippen molar-refractivity contribution in [2.45, 2.75) is 26.4 Å². The lowest BCUT2D eigenvalue weighted by atomic mass is 10.1. The summed E-state index contributed by atoms with van der Waals surface area (Å²) in [5.74, 6) is 0.163. The van der Waals surface area contributed by atoms with Crippen molar-refractivity contribution in [3.63, 3.8) is 0 Å². The number of carbonyl (C=O) groups excluding carboxylic acids is 1. The minimum absolute atomic E-state index is 0.163. The average Bonchev–Trinajstić information content (AvgIpc) is 3.01. The number of benzene rings is 2. The van der Waals surface area contributed by atoms with Crippen LogP contribution in [0.15, 0.2) is 48.5 Å². The van der Waals surface area contributed by atoms with Gasteiger partial charge in [-0.3, -0.25) is 14.6 Å². The first-order valence-corrected chi connectivity index (χ1v) is 11.1. The highest BCUT2D eigenvalue weighted by molar-refractivity contribution is 5.94. The molecule has 0 aromatic heterocycles. The Kier molecular flexibility index (Phi) is 7.16. The summed E-state index contributed by atoms with van der Waals surface area (Å²) >= 11 is 0. The summed E-state index contributed by atoms with van der Waals surface area (Å²) in [4.78, 5) is 20.1. The van der Waals surface area contributed by atoms with E-state index in [4.69, 9.17) is 4.74 Å². The molecule has 1 amide bonds. The van der Waals surface area contributed by atoms with E-state index in [0.29, 0.717) is 0 Å². The Morgan fingerprint density at radius 2 is 1.67 bits per heavy atom. The van der Waals surface area contributed by atoms with Crippen LogP contribution < -0.4 is 0 Å². The van der Waals surface area contributed by atoms with Gasteiger partial charge in [-0.15, -0.1) is 0 Å². The fraction of sp³-hybridized carbons (Fsp3) is 0.480. The van der Waals surface area contributed by atoms with Crippen LogP contribution in [-0.2, 0) is 17.8 Å². The van der Waals surface area contributed by atoms with Crippen molar-refractivity contribution < 1.29 is 9.53 Å². The van der Waals surface area contributed by atoms with E-state index in [2.05, 4.69) is 53.1 Å². The van der Waals surface area contributed by atoms with Crippen molar-refractivity contribution in [1.29, 1.82) is 0 Å². The molecule has 0 bridgehead atoms. The molecule has 0 spiro atoms. The second-order valence-electron chi connectivity index (χ2n) is 8.44.